The first-order valence-electron chi connectivity index (χ1n) is 4.33. The predicted octanol–water partition coefficient (Wildman–Crippen LogP) is 2.14. The van der Waals surface area contributed by atoms with Crippen molar-refractivity contribution in [2.24, 2.45) is 5.92 Å². The van der Waals surface area contributed by atoms with Gasteiger partial charge in [0, 0.05) is 19.1 Å². The second-order valence-corrected chi connectivity index (χ2v) is 3.93. The summed E-state index contributed by atoms with van der Waals surface area (Å²) >= 11 is 11.8. The lowest BCUT2D eigenvalue weighted by atomic mass is 10.0. The van der Waals surface area contributed by atoms with Crippen molar-refractivity contribution in [3.8, 4) is 0 Å². The highest BCUT2D eigenvalue weighted by atomic mass is 35.5. The Kier molecular flexibility index (Phi) is 4.69. The maximum absolute atomic E-state index is 8.91. The minimum Gasteiger partial charge on any atom is -0.396 e. The maximum atomic E-state index is 8.91. The Morgan fingerprint density at radius 2 is 1.79 bits per heavy atom. The van der Waals surface area contributed by atoms with Crippen molar-refractivity contribution in [2.75, 3.05) is 13.2 Å². The number of aliphatic hydroxyl groups excluding tert-OH is 2. The van der Waals surface area contributed by atoms with Crippen molar-refractivity contribution in [2.45, 2.75) is 6.42 Å². The van der Waals surface area contributed by atoms with Crippen LogP contribution in [-0.2, 0) is 6.42 Å². The van der Waals surface area contributed by atoms with E-state index >= 15 is 0 Å². The first-order valence-corrected chi connectivity index (χ1v) is 5.09. The quantitative estimate of drug-likeness (QED) is 0.839. The lowest BCUT2D eigenvalue weighted by molar-refractivity contribution is 0.150. The van der Waals surface area contributed by atoms with E-state index < -0.39 is 0 Å². The third-order valence-electron chi connectivity index (χ3n) is 2.06. The zero-order chi connectivity index (χ0) is 10.6. The second-order valence-electron chi connectivity index (χ2n) is 3.15. The summed E-state index contributed by atoms with van der Waals surface area (Å²) in [6.07, 6.45) is 0.534. The Hall–Kier alpha value is -0.280. The van der Waals surface area contributed by atoms with Gasteiger partial charge >= 0.3 is 0 Å². The molecule has 0 amide bonds. The average Bonchev–Trinajstić information content (AvgIpc) is 2.20. The molecule has 0 aliphatic rings. The molecule has 0 fully saturated rings. The van der Waals surface area contributed by atoms with Gasteiger partial charge in [0.25, 0.3) is 0 Å². The molecule has 78 valence electrons. The lowest BCUT2D eigenvalue weighted by Crippen LogP contribution is -2.14. The van der Waals surface area contributed by atoms with Crippen LogP contribution in [0.25, 0.3) is 0 Å². The van der Waals surface area contributed by atoms with Crippen molar-refractivity contribution >= 4 is 23.2 Å². The minimum absolute atomic E-state index is 0.0562. The summed E-state index contributed by atoms with van der Waals surface area (Å²) in [5, 5.41) is 18.8. The molecule has 0 spiro atoms. The molecule has 0 radical (unpaired) electrons. The van der Waals surface area contributed by atoms with E-state index in [9.17, 15) is 0 Å². The summed E-state index contributed by atoms with van der Waals surface area (Å²) in [6, 6.07) is 5.35. The number of hydrogen-bond donors (Lipinski definition) is 2. The largest absolute Gasteiger partial charge is 0.396 e. The smallest absolute Gasteiger partial charge is 0.0624 e. The van der Waals surface area contributed by atoms with Crippen molar-refractivity contribution in [3.63, 3.8) is 0 Å². The number of rotatable bonds is 4. The summed E-state index contributed by atoms with van der Waals surface area (Å²) in [7, 11) is 0. The molecule has 0 unspecified atom stereocenters. The zero-order valence-electron chi connectivity index (χ0n) is 7.58. The van der Waals surface area contributed by atoms with E-state index in [1.54, 1.807) is 12.1 Å². The summed E-state index contributed by atoms with van der Waals surface area (Å²) in [5.74, 6) is -0.175. The molecular weight excluding hydrogens is 223 g/mol. The fourth-order valence-corrected chi connectivity index (χ4v) is 1.60. The number of benzene rings is 1. The molecule has 0 aliphatic heterocycles. The fourth-order valence-electron chi connectivity index (χ4n) is 1.20. The SMILES string of the molecule is OCC(CO)Cc1cccc(Cl)c1Cl. The van der Waals surface area contributed by atoms with Crippen molar-refractivity contribution in [1.29, 1.82) is 0 Å². The van der Waals surface area contributed by atoms with Gasteiger partial charge in [0.15, 0.2) is 0 Å². The fraction of sp³-hybridized carbons (Fsp3) is 0.400. The van der Waals surface area contributed by atoms with E-state index in [0.29, 0.717) is 16.5 Å². The van der Waals surface area contributed by atoms with Crippen LogP contribution in [0.5, 0.6) is 0 Å². The Balaban J connectivity index is 2.80. The van der Waals surface area contributed by atoms with E-state index in [-0.39, 0.29) is 19.1 Å². The molecule has 2 nitrogen and oxygen atoms in total. The van der Waals surface area contributed by atoms with Crippen LogP contribution in [0.4, 0.5) is 0 Å². The molecule has 1 rings (SSSR count). The lowest BCUT2D eigenvalue weighted by Gasteiger charge is -2.12. The van der Waals surface area contributed by atoms with Crippen LogP contribution in [-0.4, -0.2) is 23.4 Å². The number of halogens is 2. The van der Waals surface area contributed by atoms with E-state index in [4.69, 9.17) is 33.4 Å². The van der Waals surface area contributed by atoms with E-state index in [0.717, 1.165) is 5.56 Å². The molecule has 14 heavy (non-hydrogen) atoms. The summed E-state index contributed by atoms with van der Waals surface area (Å²) in [5.41, 5.74) is 0.854. The topological polar surface area (TPSA) is 40.5 Å². The van der Waals surface area contributed by atoms with Crippen LogP contribution in [0, 0.1) is 5.92 Å². The van der Waals surface area contributed by atoms with Gasteiger partial charge in [-0.15, -0.1) is 0 Å². The van der Waals surface area contributed by atoms with Gasteiger partial charge in [0.2, 0.25) is 0 Å². The first kappa shape index (κ1) is 11.8. The van der Waals surface area contributed by atoms with Crippen LogP contribution in [0.2, 0.25) is 10.0 Å². The normalized spacial score (nSPS) is 10.9. The Bertz CT molecular complexity index is 298. The van der Waals surface area contributed by atoms with Crippen LogP contribution >= 0.6 is 23.2 Å². The van der Waals surface area contributed by atoms with Gasteiger partial charge in [-0.25, -0.2) is 0 Å². The third kappa shape index (κ3) is 2.85. The highest BCUT2D eigenvalue weighted by Crippen LogP contribution is 2.27. The molecule has 0 aliphatic carbocycles. The Morgan fingerprint density at radius 3 is 2.36 bits per heavy atom. The predicted molar refractivity (Wildman–Crippen MR) is 57.8 cm³/mol. The first-order chi connectivity index (χ1) is 6.69. The van der Waals surface area contributed by atoms with Crippen molar-refractivity contribution in [1.82, 2.24) is 0 Å². The average molecular weight is 235 g/mol. The molecule has 0 bridgehead atoms. The molecule has 0 atom stereocenters. The molecule has 0 aromatic heterocycles. The van der Waals surface area contributed by atoms with Crippen LogP contribution in [0.3, 0.4) is 0 Å². The van der Waals surface area contributed by atoms with Gasteiger partial charge in [-0.3, -0.25) is 0 Å². The summed E-state index contributed by atoms with van der Waals surface area (Å²) in [4.78, 5) is 0. The second kappa shape index (κ2) is 5.56. The van der Waals surface area contributed by atoms with Gasteiger partial charge in [-0.2, -0.15) is 0 Å². The van der Waals surface area contributed by atoms with Crippen molar-refractivity contribution in [3.05, 3.63) is 33.8 Å². The van der Waals surface area contributed by atoms with Crippen LogP contribution < -0.4 is 0 Å². The number of aliphatic hydroxyl groups is 2. The third-order valence-corrected chi connectivity index (χ3v) is 2.91. The molecule has 0 saturated carbocycles. The highest BCUT2D eigenvalue weighted by molar-refractivity contribution is 6.42. The minimum atomic E-state index is -0.175. The standard InChI is InChI=1S/C10H12Cl2O2/c11-9-3-1-2-8(10(9)12)4-7(5-13)6-14/h1-3,7,13-14H,4-6H2. The van der Waals surface area contributed by atoms with Gasteiger partial charge in [-0.05, 0) is 18.1 Å². The van der Waals surface area contributed by atoms with Gasteiger partial charge in [0.05, 0.1) is 10.0 Å². The molecule has 1 aromatic carbocycles. The summed E-state index contributed by atoms with van der Waals surface area (Å²) in [6.45, 7) is -0.112. The monoisotopic (exact) mass is 234 g/mol. The molecular formula is C10H12Cl2O2. The molecule has 2 N–H and O–H groups in total. The zero-order valence-corrected chi connectivity index (χ0v) is 9.09. The highest BCUT2D eigenvalue weighted by Gasteiger charge is 2.11. The van der Waals surface area contributed by atoms with Gasteiger partial charge in [-0.1, -0.05) is 35.3 Å². The van der Waals surface area contributed by atoms with E-state index in [1.165, 1.54) is 0 Å². The molecule has 0 heterocycles. The van der Waals surface area contributed by atoms with E-state index in [1.807, 2.05) is 6.07 Å². The number of hydrogen-bond acceptors (Lipinski definition) is 2. The van der Waals surface area contributed by atoms with Crippen LogP contribution in [0.15, 0.2) is 18.2 Å². The maximum Gasteiger partial charge on any atom is 0.0624 e. The van der Waals surface area contributed by atoms with Crippen molar-refractivity contribution < 1.29 is 10.2 Å². The van der Waals surface area contributed by atoms with Gasteiger partial charge in [0.1, 0.15) is 0 Å². The van der Waals surface area contributed by atoms with Crippen LogP contribution in [0.1, 0.15) is 5.56 Å². The summed E-state index contributed by atoms with van der Waals surface area (Å²) < 4.78 is 0. The molecule has 0 saturated heterocycles. The molecule has 1 aromatic rings. The molecule has 4 heteroatoms. The Labute approximate surface area is 93.1 Å². The Morgan fingerprint density at radius 1 is 1.14 bits per heavy atom. The van der Waals surface area contributed by atoms with Gasteiger partial charge < -0.3 is 10.2 Å². The van der Waals surface area contributed by atoms with E-state index in [2.05, 4.69) is 0 Å².